The molecule has 1 fully saturated rings. The van der Waals surface area contributed by atoms with Gasteiger partial charge >= 0.3 is 0 Å². The number of aryl methyl sites for hydroxylation is 1. The van der Waals surface area contributed by atoms with E-state index in [0.717, 1.165) is 31.5 Å². The van der Waals surface area contributed by atoms with Crippen LogP contribution < -0.4 is 10.0 Å². The summed E-state index contributed by atoms with van der Waals surface area (Å²) in [4.78, 5) is 0.229. The fourth-order valence-corrected chi connectivity index (χ4v) is 3.54. The van der Waals surface area contributed by atoms with Crippen molar-refractivity contribution >= 4 is 34.0 Å². The molecule has 0 spiro atoms. The van der Waals surface area contributed by atoms with Gasteiger partial charge in [-0.25, -0.2) is 13.1 Å². The first-order chi connectivity index (χ1) is 8.99. The van der Waals surface area contributed by atoms with Gasteiger partial charge in [-0.3, -0.25) is 0 Å². The summed E-state index contributed by atoms with van der Waals surface area (Å²) in [5.74, 6) is 0.365. The molecule has 2 rings (SSSR count). The van der Waals surface area contributed by atoms with Crippen molar-refractivity contribution in [2.75, 3.05) is 19.6 Å². The largest absolute Gasteiger partial charge is 0.316 e. The molecule has 1 saturated heterocycles. The molecule has 0 bridgehead atoms. The van der Waals surface area contributed by atoms with Crippen LogP contribution in [0.1, 0.15) is 18.4 Å². The highest BCUT2D eigenvalue weighted by atomic mass is 35.5. The smallest absolute Gasteiger partial charge is 0.240 e. The normalized spacial score (nSPS) is 19.4. The van der Waals surface area contributed by atoms with Crippen molar-refractivity contribution in [1.29, 1.82) is 0 Å². The third kappa shape index (κ3) is 4.60. The lowest BCUT2D eigenvalue weighted by Crippen LogP contribution is -2.38. The molecule has 1 atom stereocenters. The minimum atomic E-state index is -3.46. The first-order valence-electron chi connectivity index (χ1n) is 6.45. The van der Waals surface area contributed by atoms with Gasteiger partial charge in [0.25, 0.3) is 0 Å². The molecular formula is C13H20Cl2N2O2S. The number of rotatable bonds is 4. The van der Waals surface area contributed by atoms with Crippen LogP contribution >= 0.6 is 24.0 Å². The highest BCUT2D eigenvalue weighted by molar-refractivity contribution is 7.89. The topological polar surface area (TPSA) is 58.2 Å². The number of hydrogen-bond acceptors (Lipinski definition) is 3. The van der Waals surface area contributed by atoms with Crippen molar-refractivity contribution in [3.63, 3.8) is 0 Å². The van der Waals surface area contributed by atoms with Crippen molar-refractivity contribution < 1.29 is 8.42 Å². The molecule has 1 aliphatic rings. The molecule has 0 saturated carbocycles. The summed E-state index contributed by atoms with van der Waals surface area (Å²) >= 11 is 5.97. The Morgan fingerprint density at radius 1 is 1.45 bits per heavy atom. The Bertz CT molecular complexity index is 543. The van der Waals surface area contributed by atoms with Gasteiger partial charge in [-0.05, 0) is 56.5 Å². The maximum absolute atomic E-state index is 12.1. The van der Waals surface area contributed by atoms with E-state index >= 15 is 0 Å². The molecule has 20 heavy (non-hydrogen) atoms. The number of benzene rings is 1. The second-order valence-electron chi connectivity index (χ2n) is 4.98. The Balaban J connectivity index is 0.00000200. The Morgan fingerprint density at radius 2 is 2.20 bits per heavy atom. The van der Waals surface area contributed by atoms with Crippen molar-refractivity contribution in [2.45, 2.75) is 24.7 Å². The zero-order valence-corrected chi connectivity index (χ0v) is 13.7. The van der Waals surface area contributed by atoms with E-state index in [0.29, 0.717) is 17.5 Å². The monoisotopic (exact) mass is 338 g/mol. The maximum atomic E-state index is 12.1. The molecule has 0 aliphatic carbocycles. The van der Waals surface area contributed by atoms with Crippen LogP contribution in [0.15, 0.2) is 23.1 Å². The third-order valence-corrected chi connectivity index (χ3v) is 5.24. The van der Waals surface area contributed by atoms with E-state index in [1.807, 2.05) is 6.92 Å². The second kappa shape index (κ2) is 7.61. The van der Waals surface area contributed by atoms with E-state index < -0.39 is 10.0 Å². The summed E-state index contributed by atoms with van der Waals surface area (Å²) in [7, 11) is -3.46. The maximum Gasteiger partial charge on any atom is 0.240 e. The standard InChI is InChI=1S/C13H19ClN2O2S.ClH/c1-10-4-5-12(7-13(10)14)19(17,18)16-9-11-3-2-6-15-8-11;/h4-5,7,11,15-16H,2-3,6,8-9H2,1H3;1H. The molecule has 1 heterocycles. The van der Waals surface area contributed by atoms with Gasteiger partial charge in [0.15, 0.2) is 0 Å². The lowest BCUT2D eigenvalue weighted by Gasteiger charge is -2.22. The van der Waals surface area contributed by atoms with Crippen LogP contribution in [0.4, 0.5) is 0 Å². The van der Waals surface area contributed by atoms with Crippen LogP contribution in [0.3, 0.4) is 0 Å². The van der Waals surface area contributed by atoms with Gasteiger partial charge in [-0.2, -0.15) is 0 Å². The molecule has 1 aromatic rings. The van der Waals surface area contributed by atoms with Gasteiger partial charge in [0.2, 0.25) is 10.0 Å². The van der Waals surface area contributed by atoms with Crippen LogP contribution in [-0.4, -0.2) is 28.1 Å². The molecule has 7 heteroatoms. The first kappa shape index (κ1) is 17.7. The number of nitrogens with one attached hydrogen (secondary N) is 2. The van der Waals surface area contributed by atoms with Crippen molar-refractivity contribution in [1.82, 2.24) is 10.0 Å². The Kier molecular flexibility index (Phi) is 6.75. The van der Waals surface area contributed by atoms with E-state index in [2.05, 4.69) is 10.0 Å². The predicted octanol–water partition coefficient (Wildman–Crippen LogP) is 2.35. The number of piperidine rings is 1. The van der Waals surface area contributed by atoms with E-state index in [9.17, 15) is 8.42 Å². The van der Waals surface area contributed by atoms with E-state index in [1.54, 1.807) is 12.1 Å². The summed E-state index contributed by atoms with van der Waals surface area (Å²) in [6, 6.07) is 4.81. The van der Waals surface area contributed by atoms with Gasteiger partial charge in [0.05, 0.1) is 4.90 Å². The van der Waals surface area contributed by atoms with E-state index in [-0.39, 0.29) is 17.3 Å². The van der Waals surface area contributed by atoms with Crippen LogP contribution in [0.5, 0.6) is 0 Å². The Morgan fingerprint density at radius 3 is 2.80 bits per heavy atom. The van der Waals surface area contributed by atoms with Crippen LogP contribution in [0, 0.1) is 12.8 Å². The third-order valence-electron chi connectivity index (χ3n) is 3.41. The average Bonchev–Trinajstić information content (AvgIpc) is 2.41. The summed E-state index contributed by atoms with van der Waals surface area (Å²) < 4.78 is 27.0. The second-order valence-corrected chi connectivity index (χ2v) is 7.15. The highest BCUT2D eigenvalue weighted by Crippen LogP contribution is 2.20. The highest BCUT2D eigenvalue weighted by Gasteiger charge is 2.19. The molecule has 1 aliphatic heterocycles. The van der Waals surface area contributed by atoms with Gasteiger partial charge in [0, 0.05) is 11.6 Å². The van der Waals surface area contributed by atoms with Gasteiger partial charge < -0.3 is 5.32 Å². The molecule has 1 unspecified atom stereocenters. The summed E-state index contributed by atoms with van der Waals surface area (Å²) in [5.41, 5.74) is 0.872. The number of halogens is 2. The summed E-state index contributed by atoms with van der Waals surface area (Å²) in [6.07, 6.45) is 2.16. The fourth-order valence-electron chi connectivity index (χ4n) is 2.15. The lowest BCUT2D eigenvalue weighted by atomic mass is 10.0. The van der Waals surface area contributed by atoms with Crippen molar-refractivity contribution in [2.24, 2.45) is 5.92 Å². The molecule has 0 aromatic heterocycles. The Hall–Kier alpha value is -0.330. The summed E-state index contributed by atoms with van der Waals surface area (Å²) in [5, 5.41) is 3.75. The van der Waals surface area contributed by atoms with E-state index in [4.69, 9.17) is 11.6 Å². The lowest BCUT2D eigenvalue weighted by molar-refractivity contribution is 0.376. The van der Waals surface area contributed by atoms with Gasteiger partial charge in [-0.1, -0.05) is 17.7 Å². The predicted molar refractivity (Wildman–Crippen MR) is 84.2 cm³/mol. The van der Waals surface area contributed by atoms with Gasteiger partial charge in [-0.15, -0.1) is 12.4 Å². The average molecular weight is 339 g/mol. The molecule has 0 radical (unpaired) electrons. The quantitative estimate of drug-likeness (QED) is 0.885. The molecule has 0 amide bonds. The molecule has 114 valence electrons. The first-order valence-corrected chi connectivity index (χ1v) is 8.32. The molecule has 4 nitrogen and oxygen atoms in total. The molecule has 1 aromatic carbocycles. The number of hydrogen-bond donors (Lipinski definition) is 2. The fraction of sp³-hybridized carbons (Fsp3) is 0.538. The van der Waals surface area contributed by atoms with Crippen LogP contribution in [0.25, 0.3) is 0 Å². The Labute approximate surface area is 131 Å². The van der Waals surface area contributed by atoms with Crippen molar-refractivity contribution in [3.05, 3.63) is 28.8 Å². The minimum absolute atomic E-state index is 0. The summed E-state index contributed by atoms with van der Waals surface area (Å²) in [6.45, 7) is 4.22. The van der Waals surface area contributed by atoms with Gasteiger partial charge in [0.1, 0.15) is 0 Å². The SMILES string of the molecule is Cc1ccc(S(=O)(=O)NCC2CCCNC2)cc1Cl.Cl. The van der Waals surface area contributed by atoms with Crippen LogP contribution in [0.2, 0.25) is 5.02 Å². The van der Waals surface area contributed by atoms with E-state index in [1.165, 1.54) is 6.07 Å². The molecule has 2 N–H and O–H groups in total. The van der Waals surface area contributed by atoms with Crippen molar-refractivity contribution in [3.8, 4) is 0 Å². The van der Waals surface area contributed by atoms with Crippen LogP contribution in [-0.2, 0) is 10.0 Å². The zero-order chi connectivity index (χ0) is 13.9. The minimum Gasteiger partial charge on any atom is -0.316 e. The number of sulfonamides is 1. The zero-order valence-electron chi connectivity index (χ0n) is 11.4. The molecular weight excluding hydrogens is 319 g/mol.